The van der Waals surface area contributed by atoms with Crippen molar-refractivity contribution >= 4 is 53.2 Å². The summed E-state index contributed by atoms with van der Waals surface area (Å²) in [5.41, 5.74) is 4.22. The minimum atomic E-state index is -4.19. The van der Waals surface area contributed by atoms with Gasteiger partial charge in [-0.05, 0) is 41.5 Å². The second-order valence-corrected chi connectivity index (χ2v) is 15.5. The Hall–Kier alpha value is -3.26. The number of ether oxygens (including phenoxy) is 5. The Morgan fingerprint density at radius 3 is 2.38 bits per heavy atom. The Morgan fingerprint density at radius 1 is 1.15 bits per heavy atom. The number of rotatable bonds is 15. The summed E-state index contributed by atoms with van der Waals surface area (Å²) in [7, 11) is 2.47. The van der Waals surface area contributed by atoms with Crippen molar-refractivity contribution in [2.45, 2.75) is 89.9 Å². The van der Waals surface area contributed by atoms with Gasteiger partial charge in [-0.2, -0.15) is 9.97 Å². The number of carbonyl (C=O) groups excluding carboxylic acids is 3. The fraction of sp³-hybridized carbons (Fsp3) is 0.692. The third-order valence-electron chi connectivity index (χ3n) is 6.60. The van der Waals surface area contributed by atoms with Crippen LogP contribution in [0, 0.1) is 0 Å². The van der Waals surface area contributed by atoms with Crippen molar-refractivity contribution < 1.29 is 57.4 Å². The number of hydrogen-bond donors (Lipinski definition) is 5. The van der Waals surface area contributed by atoms with Gasteiger partial charge < -0.3 is 49.5 Å². The van der Waals surface area contributed by atoms with Crippen molar-refractivity contribution in [1.82, 2.24) is 29.9 Å². The largest absolute Gasteiger partial charge is 0.479 e. The van der Waals surface area contributed by atoms with Crippen molar-refractivity contribution in [1.29, 1.82) is 0 Å². The van der Waals surface area contributed by atoms with Crippen LogP contribution in [0.5, 0.6) is 5.88 Å². The molecule has 6 N–H and O–H groups in total. The molecule has 1 aliphatic heterocycles. The van der Waals surface area contributed by atoms with Crippen LogP contribution in [-0.2, 0) is 37.6 Å². The van der Waals surface area contributed by atoms with E-state index >= 15 is 0 Å². The fourth-order valence-electron chi connectivity index (χ4n) is 4.36. The molecule has 21 heteroatoms. The number of fused-ring (bicyclic) bond motifs is 1. The number of aliphatic hydroxyl groups excluding tert-OH is 1. The van der Waals surface area contributed by atoms with Crippen molar-refractivity contribution in [3.8, 4) is 5.88 Å². The third-order valence-corrected chi connectivity index (χ3v) is 10.7. The Bertz CT molecular complexity index is 1480. The number of imidazole rings is 1. The van der Waals surface area contributed by atoms with E-state index < -0.39 is 79.7 Å². The van der Waals surface area contributed by atoms with Crippen molar-refractivity contribution in [3.05, 3.63) is 6.33 Å². The van der Waals surface area contributed by atoms with Gasteiger partial charge in [-0.15, -0.1) is 0 Å². The highest BCUT2D eigenvalue weighted by Crippen LogP contribution is 2.57. The lowest BCUT2D eigenvalue weighted by atomic mass is 9.96. The monoisotopic (exact) mass is 707 g/mol. The number of anilines is 1. The first kappa shape index (κ1) is 38.2. The fourth-order valence-corrected chi connectivity index (χ4v) is 8.21. The van der Waals surface area contributed by atoms with Crippen LogP contribution in [0.1, 0.15) is 47.8 Å². The number of hydrogen-bond acceptors (Lipinski definition) is 17. The molecule has 3 rings (SSSR count). The molecule has 19 nitrogen and oxygen atoms in total. The number of carbonyl (C=O) groups is 3. The first-order valence-electron chi connectivity index (χ1n) is 14.4. The predicted molar refractivity (Wildman–Crippen MR) is 167 cm³/mol. The molecule has 0 radical (unpaired) electrons. The average molecular weight is 708 g/mol. The molecule has 47 heavy (non-hydrogen) atoms. The van der Waals surface area contributed by atoms with Crippen LogP contribution in [0.15, 0.2) is 6.33 Å². The maximum absolute atomic E-state index is 14.2. The Morgan fingerprint density at radius 2 is 1.79 bits per heavy atom. The van der Waals surface area contributed by atoms with Crippen molar-refractivity contribution in [3.63, 3.8) is 0 Å². The normalized spacial score (nSPS) is 23.7. The molecule has 1 amide bonds. The summed E-state index contributed by atoms with van der Waals surface area (Å²) in [6.45, 7) is 4.44. The Labute approximate surface area is 274 Å². The van der Waals surface area contributed by atoms with E-state index in [0.717, 1.165) is 7.11 Å². The summed E-state index contributed by atoms with van der Waals surface area (Å²) in [5.74, 6) is -1.98. The molecule has 0 aliphatic carbocycles. The zero-order valence-electron chi connectivity index (χ0n) is 27.2. The number of alkyl carbamates (subject to hydrolysis) is 1. The van der Waals surface area contributed by atoms with Gasteiger partial charge in [-0.25, -0.2) is 19.7 Å². The highest BCUT2D eigenvalue weighted by Gasteiger charge is 2.54. The maximum atomic E-state index is 14.2. The molecular formula is C26H42N7O12PS. The standard InChI is InChI=1S/C26H42N7O12PS/c1-12(2)43-21(35)14(5)32-46(39,47-10-15(29-25(37)41-8)22(36)44-13(3)4)42-9-16-18(34)26(6,38)23(45-16)33-11-28-17-19(33)30-24(27)31-20(17)40-7/h11-16,18,23,34,38H,9-10H2,1-8H3,(H,29,37)(H,32,39)(H2,27,30,31)/t14-,15?,16+,18+,23+,26+,46?/m0/s1. The Balaban J connectivity index is 1.86. The van der Waals surface area contributed by atoms with Crippen LogP contribution in [0.25, 0.3) is 11.2 Å². The highest BCUT2D eigenvalue weighted by atomic mass is 32.7. The number of amides is 1. The number of nitrogens with one attached hydrogen (secondary N) is 2. The zero-order valence-corrected chi connectivity index (χ0v) is 28.9. The molecule has 2 aromatic heterocycles. The van der Waals surface area contributed by atoms with E-state index in [9.17, 15) is 29.2 Å². The smallest absolute Gasteiger partial charge is 0.407 e. The zero-order chi connectivity index (χ0) is 35.3. The van der Waals surface area contributed by atoms with Gasteiger partial charge in [0.15, 0.2) is 17.4 Å². The molecule has 0 spiro atoms. The highest BCUT2D eigenvalue weighted by molar-refractivity contribution is 8.56. The number of nitrogen functional groups attached to an aromatic ring is 1. The molecule has 264 valence electrons. The van der Waals surface area contributed by atoms with Crippen LogP contribution in [-0.4, -0.2) is 116 Å². The van der Waals surface area contributed by atoms with Crippen LogP contribution in [0.4, 0.5) is 10.7 Å². The molecule has 2 aromatic rings. The second-order valence-electron chi connectivity index (χ2n) is 11.2. The minimum Gasteiger partial charge on any atom is -0.479 e. The molecule has 0 aromatic carbocycles. The van der Waals surface area contributed by atoms with Gasteiger partial charge >= 0.3 is 24.8 Å². The van der Waals surface area contributed by atoms with E-state index in [1.54, 1.807) is 27.7 Å². The van der Waals surface area contributed by atoms with Crippen LogP contribution in [0.2, 0.25) is 0 Å². The quantitative estimate of drug-likeness (QED) is 0.0978. The van der Waals surface area contributed by atoms with Gasteiger partial charge in [0.1, 0.15) is 29.9 Å². The average Bonchev–Trinajstić information content (AvgIpc) is 3.49. The topological polar surface area (TPSA) is 258 Å². The summed E-state index contributed by atoms with van der Waals surface area (Å²) >= 11 is 0.579. The molecular weight excluding hydrogens is 665 g/mol. The summed E-state index contributed by atoms with van der Waals surface area (Å²) in [4.78, 5) is 49.6. The number of methoxy groups -OCH3 is 2. The van der Waals surface area contributed by atoms with E-state index in [1.165, 1.54) is 31.9 Å². The molecule has 3 heterocycles. The molecule has 2 unspecified atom stereocenters. The molecule has 7 atom stereocenters. The first-order chi connectivity index (χ1) is 21.9. The minimum absolute atomic E-state index is 0.0794. The van der Waals surface area contributed by atoms with Crippen LogP contribution >= 0.6 is 18.1 Å². The van der Waals surface area contributed by atoms with E-state index in [0.29, 0.717) is 11.4 Å². The number of aromatic nitrogens is 4. The maximum Gasteiger partial charge on any atom is 0.407 e. The molecule has 0 bridgehead atoms. The number of nitrogens with zero attached hydrogens (tertiary/aromatic N) is 4. The lowest BCUT2D eigenvalue weighted by Gasteiger charge is -2.27. The van der Waals surface area contributed by atoms with Gasteiger partial charge in [-0.3, -0.25) is 13.9 Å². The number of aliphatic hydroxyl groups is 2. The van der Waals surface area contributed by atoms with Gasteiger partial charge in [0.25, 0.3) is 0 Å². The van der Waals surface area contributed by atoms with E-state index in [1.807, 2.05) is 0 Å². The van der Waals surface area contributed by atoms with E-state index in [-0.39, 0.29) is 28.7 Å². The van der Waals surface area contributed by atoms with Gasteiger partial charge in [0, 0.05) is 5.75 Å². The van der Waals surface area contributed by atoms with Crippen LogP contribution in [0.3, 0.4) is 0 Å². The van der Waals surface area contributed by atoms with E-state index in [4.69, 9.17) is 29.2 Å². The van der Waals surface area contributed by atoms with Gasteiger partial charge in [-0.1, -0.05) is 11.4 Å². The summed E-state index contributed by atoms with van der Waals surface area (Å²) in [5, 5.41) is 27.4. The first-order valence-corrected chi connectivity index (χ1v) is 17.7. The Kier molecular flexibility index (Phi) is 12.8. The lowest BCUT2D eigenvalue weighted by Crippen LogP contribution is -2.45. The van der Waals surface area contributed by atoms with Crippen LogP contribution < -0.4 is 20.9 Å². The predicted octanol–water partition coefficient (Wildman–Crippen LogP) is 0.890. The van der Waals surface area contributed by atoms with Gasteiger partial charge in [0.2, 0.25) is 11.8 Å². The number of nitrogens with two attached hydrogens (primary N) is 1. The van der Waals surface area contributed by atoms with E-state index in [2.05, 4.69) is 30.1 Å². The van der Waals surface area contributed by atoms with Crippen molar-refractivity contribution in [2.75, 3.05) is 32.3 Å². The molecule has 1 saturated heterocycles. The summed E-state index contributed by atoms with van der Waals surface area (Å²) < 4.78 is 47.5. The van der Waals surface area contributed by atoms with Crippen molar-refractivity contribution in [2.24, 2.45) is 0 Å². The number of esters is 2. The third kappa shape index (κ3) is 9.43. The molecule has 1 fully saturated rings. The lowest BCUT2D eigenvalue weighted by molar-refractivity contribution is -0.150. The SMILES string of the molecule is COC(=O)NC(CSP(=O)(N[C@@H](C)C(=O)OC(C)C)OC[C@H]1O[C@@H](n2cnc3c(OC)nc(N)nc32)[C@](C)(O)[C@@H]1O)C(=O)OC(C)C. The molecule has 1 aliphatic rings. The second kappa shape index (κ2) is 15.8. The summed E-state index contributed by atoms with van der Waals surface area (Å²) in [6, 6.07) is -2.49. The van der Waals surface area contributed by atoms with Gasteiger partial charge in [0.05, 0.1) is 39.4 Å². The summed E-state index contributed by atoms with van der Waals surface area (Å²) in [6.07, 6.45) is -4.80. The molecule has 0 saturated carbocycles.